The van der Waals surface area contributed by atoms with Crippen molar-refractivity contribution in [2.75, 3.05) is 13.7 Å². The van der Waals surface area contributed by atoms with Crippen LogP contribution in [-0.2, 0) is 9.53 Å². The van der Waals surface area contributed by atoms with E-state index in [1.165, 1.54) is 7.11 Å². The van der Waals surface area contributed by atoms with E-state index in [1.54, 1.807) is 72.8 Å². The largest absolute Gasteiger partial charge is 0.497 e. The number of benzene rings is 3. The van der Waals surface area contributed by atoms with Crippen LogP contribution in [0.25, 0.3) is 6.08 Å². The number of halogens is 1. The number of aliphatic imine (C=N–C) groups is 1. The Bertz CT molecular complexity index is 1310. The van der Waals surface area contributed by atoms with Gasteiger partial charge in [-0.2, -0.15) is 0 Å². The molecular formula is C26H20ClNO6. The van der Waals surface area contributed by atoms with Crippen LogP contribution in [-0.4, -0.2) is 31.6 Å². The van der Waals surface area contributed by atoms with Gasteiger partial charge in [0.25, 0.3) is 0 Å². The minimum atomic E-state index is -0.596. The summed E-state index contributed by atoms with van der Waals surface area (Å²) in [6.45, 7) is 2.16. The first-order chi connectivity index (χ1) is 16.5. The number of nitrogens with zero attached hydrogens (tertiary/aromatic N) is 1. The topological polar surface area (TPSA) is 83.4 Å². The van der Waals surface area contributed by atoms with Crippen molar-refractivity contribution < 1.29 is 28.5 Å². The predicted octanol–water partition coefficient (Wildman–Crippen LogP) is 5.31. The molecule has 0 atom stereocenters. The van der Waals surface area contributed by atoms with Crippen LogP contribution in [0.5, 0.6) is 17.2 Å². The highest BCUT2D eigenvalue weighted by Crippen LogP contribution is 2.31. The zero-order valence-electron chi connectivity index (χ0n) is 18.4. The van der Waals surface area contributed by atoms with Gasteiger partial charge in [0.1, 0.15) is 5.75 Å². The molecular weight excluding hydrogens is 458 g/mol. The van der Waals surface area contributed by atoms with E-state index in [9.17, 15) is 9.59 Å². The first kappa shape index (κ1) is 23.1. The molecule has 0 aromatic heterocycles. The lowest BCUT2D eigenvalue weighted by Gasteiger charge is -2.12. The number of carbonyl (C=O) groups excluding carboxylic acids is 2. The van der Waals surface area contributed by atoms with Crippen LogP contribution in [0.3, 0.4) is 0 Å². The average molecular weight is 478 g/mol. The van der Waals surface area contributed by atoms with Crippen molar-refractivity contribution in [1.82, 2.24) is 0 Å². The molecule has 0 saturated carbocycles. The highest BCUT2D eigenvalue weighted by Gasteiger charge is 2.25. The fourth-order valence-electron chi connectivity index (χ4n) is 3.19. The number of rotatable bonds is 7. The van der Waals surface area contributed by atoms with Crippen LogP contribution in [0.4, 0.5) is 0 Å². The van der Waals surface area contributed by atoms with Crippen LogP contribution >= 0.6 is 11.6 Å². The highest BCUT2D eigenvalue weighted by atomic mass is 35.5. The Morgan fingerprint density at radius 2 is 1.88 bits per heavy atom. The molecule has 3 aromatic carbocycles. The number of hydrogen-bond donors (Lipinski definition) is 0. The molecule has 0 unspecified atom stereocenters. The Balaban J connectivity index is 1.60. The van der Waals surface area contributed by atoms with Gasteiger partial charge in [0.2, 0.25) is 5.90 Å². The van der Waals surface area contributed by atoms with Crippen LogP contribution < -0.4 is 14.2 Å². The Kier molecular flexibility index (Phi) is 6.94. The minimum Gasteiger partial charge on any atom is -0.497 e. The summed E-state index contributed by atoms with van der Waals surface area (Å²) in [6, 6.07) is 18.5. The Labute approximate surface area is 201 Å². The van der Waals surface area contributed by atoms with Crippen molar-refractivity contribution in [2.45, 2.75) is 6.92 Å². The van der Waals surface area contributed by atoms with Crippen molar-refractivity contribution in [2.24, 2.45) is 4.99 Å². The quantitative estimate of drug-likeness (QED) is 0.260. The number of hydrogen-bond acceptors (Lipinski definition) is 7. The first-order valence-corrected chi connectivity index (χ1v) is 10.8. The number of esters is 2. The summed E-state index contributed by atoms with van der Waals surface area (Å²) in [6.07, 6.45) is 1.56. The Morgan fingerprint density at radius 3 is 2.65 bits per heavy atom. The summed E-state index contributed by atoms with van der Waals surface area (Å²) in [4.78, 5) is 29.2. The SMILES string of the molecule is CCOc1cc(C=C2N=C(c3ccccc3Cl)OC2=O)ccc1OC(=O)c1cccc(OC)c1. The van der Waals surface area contributed by atoms with Gasteiger partial charge in [0.15, 0.2) is 17.2 Å². The maximum absolute atomic E-state index is 12.6. The second kappa shape index (κ2) is 10.2. The van der Waals surface area contributed by atoms with Gasteiger partial charge >= 0.3 is 11.9 Å². The lowest BCUT2D eigenvalue weighted by atomic mass is 10.1. The molecule has 0 fully saturated rings. The van der Waals surface area contributed by atoms with Crippen molar-refractivity contribution >= 4 is 35.5 Å². The van der Waals surface area contributed by atoms with E-state index < -0.39 is 11.9 Å². The standard InChI is InChI=1S/C26H20ClNO6/c1-3-32-23-14-16(11-12-22(23)33-25(29)17-7-6-8-18(15-17)31-2)13-21-26(30)34-24(28-21)19-9-4-5-10-20(19)27/h4-15H,3H2,1-2H3. The summed E-state index contributed by atoms with van der Waals surface area (Å²) >= 11 is 6.18. The normalized spacial score (nSPS) is 13.9. The molecule has 4 rings (SSSR count). The third-order valence-corrected chi connectivity index (χ3v) is 5.13. The van der Waals surface area contributed by atoms with E-state index >= 15 is 0 Å². The smallest absolute Gasteiger partial charge is 0.363 e. The highest BCUT2D eigenvalue weighted by molar-refractivity contribution is 6.34. The molecule has 34 heavy (non-hydrogen) atoms. The van der Waals surface area contributed by atoms with Crippen LogP contribution in [0.15, 0.2) is 77.4 Å². The Hall–Kier alpha value is -4.10. The minimum absolute atomic E-state index is 0.110. The van der Waals surface area contributed by atoms with Crippen molar-refractivity contribution in [3.63, 3.8) is 0 Å². The molecule has 0 bridgehead atoms. The third kappa shape index (κ3) is 5.10. The molecule has 172 valence electrons. The van der Waals surface area contributed by atoms with Gasteiger partial charge in [0, 0.05) is 0 Å². The van der Waals surface area contributed by atoms with Crippen molar-refractivity contribution in [3.05, 3.63) is 94.1 Å². The molecule has 1 aliphatic heterocycles. The second-order valence-corrected chi connectivity index (χ2v) is 7.48. The average Bonchev–Trinajstić information content (AvgIpc) is 3.20. The van der Waals surface area contributed by atoms with Gasteiger partial charge in [-0.3, -0.25) is 0 Å². The van der Waals surface area contributed by atoms with Gasteiger partial charge in [-0.25, -0.2) is 14.6 Å². The summed E-state index contributed by atoms with van der Waals surface area (Å²) in [5.41, 5.74) is 1.58. The molecule has 0 N–H and O–H groups in total. The lowest BCUT2D eigenvalue weighted by Crippen LogP contribution is -2.10. The van der Waals surface area contributed by atoms with Crippen LogP contribution in [0, 0.1) is 0 Å². The maximum Gasteiger partial charge on any atom is 0.363 e. The summed E-state index contributed by atoms with van der Waals surface area (Å²) in [7, 11) is 1.52. The molecule has 3 aromatic rings. The zero-order valence-corrected chi connectivity index (χ0v) is 19.2. The van der Waals surface area contributed by atoms with Gasteiger partial charge in [-0.05, 0) is 61.0 Å². The summed E-state index contributed by atoms with van der Waals surface area (Å²) in [5.74, 6) is 0.110. The van der Waals surface area contributed by atoms with Crippen LogP contribution in [0.1, 0.15) is 28.4 Å². The van der Waals surface area contributed by atoms with E-state index in [1.807, 2.05) is 6.92 Å². The van der Waals surface area contributed by atoms with E-state index in [0.29, 0.717) is 39.8 Å². The summed E-state index contributed by atoms with van der Waals surface area (Å²) < 4.78 is 21.6. The number of cyclic esters (lactones) is 1. The molecule has 7 nitrogen and oxygen atoms in total. The molecule has 0 radical (unpaired) electrons. The van der Waals surface area contributed by atoms with Gasteiger partial charge in [-0.1, -0.05) is 35.9 Å². The monoisotopic (exact) mass is 477 g/mol. The van der Waals surface area contributed by atoms with Crippen molar-refractivity contribution in [1.29, 1.82) is 0 Å². The lowest BCUT2D eigenvalue weighted by molar-refractivity contribution is -0.129. The number of ether oxygens (including phenoxy) is 4. The number of methoxy groups -OCH3 is 1. The fourth-order valence-corrected chi connectivity index (χ4v) is 3.41. The third-order valence-electron chi connectivity index (χ3n) is 4.80. The Morgan fingerprint density at radius 1 is 1.06 bits per heavy atom. The summed E-state index contributed by atoms with van der Waals surface area (Å²) in [5, 5.41) is 0.427. The first-order valence-electron chi connectivity index (χ1n) is 10.4. The molecule has 0 amide bonds. The maximum atomic E-state index is 12.6. The van der Waals surface area contributed by atoms with E-state index in [0.717, 1.165) is 0 Å². The van der Waals surface area contributed by atoms with Crippen molar-refractivity contribution in [3.8, 4) is 17.2 Å². The molecule has 1 heterocycles. The van der Waals surface area contributed by atoms with E-state index in [2.05, 4.69) is 4.99 Å². The zero-order chi connectivity index (χ0) is 24.1. The van der Waals surface area contributed by atoms with E-state index in [-0.39, 0.29) is 17.3 Å². The molecule has 0 saturated heterocycles. The molecule has 1 aliphatic rings. The van der Waals surface area contributed by atoms with Gasteiger partial charge < -0.3 is 18.9 Å². The van der Waals surface area contributed by atoms with E-state index in [4.69, 9.17) is 30.5 Å². The van der Waals surface area contributed by atoms with Gasteiger partial charge in [-0.15, -0.1) is 0 Å². The van der Waals surface area contributed by atoms with Crippen LogP contribution in [0.2, 0.25) is 5.02 Å². The van der Waals surface area contributed by atoms with Gasteiger partial charge in [0.05, 0.1) is 29.9 Å². The molecule has 0 spiro atoms. The molecule has 0 aliphatic carbocycles. The second-order valence-electron chi connectivity index (χ2n) is 7.08. The fraction of sp³-hybridized carbons (Fsp3) is 0.115. The number of carbonyl (C=O) groups is 2. The molecule has 8 heteroatoms. The predicted molar refractivity (Wildman–Crippen MR) is 128 cm³/mol.